The Morgan fingerprint density at radius 2 is 2.10 bits per heavy atom. The average Bonchev–Trinajstić information content (AvgIpc) is 2.38. The molecule has 1 aromatic carbocycles. The lowest BCUT2D eigenvalue weighted by molar-refractivity contribution is -0.120. The molecule has 0 heterocycles. The summed E-state index contributed by atoms with van der Waals surface area (Å²) in [6, 6.07) is 3.84. The largest absolute Gasteiger partial charge is 0.368 e. The molecule has 2 amide bonds. The van der Waals surface area contributed by atoms with Crippen LogP contribution in [0.15, 0.2) is 18.2 Å². The summed E-state index contributed by atoms with van der Waals surface area (Å²) in [4.78, 5) is 23.1. The molecule has 0 saturated heterocycles. The van der Waals surface area contributed by atoms with Crippen LogP contribution in [0.25, 0.3) is 0 Å². The van der Waals surface area contributed by atoms with Crippen molar-refractivity contribution in [3.8, 4) is 6.07 Å². The zero-order valence-electron chi connectivity index (χ0n) is 10.7. The van der Waals surface area contributed by atoms with E-state index in [0.717, 1.165) is 12.1 Å². The molecule has 0 spiro atoms. The van der Waals surface area contributed by atoms with E-state index < -0.39 is 41.0 Å². The van der Waals surface area contributed by atoms with Crippen LogP contribution in [0.2, 0.25) is 0 Å². The van der Waals surface area contributed by atoms with Crippen LogP contribution < -0.4 is 11.1 Å². The molecular weight excluding hydrogens is 268 g/mol. The normalized spacial score (nSPS) is 13.1. The zero-order valence-corrected chi connectivity index (χ0v) is 10.7. The number of halogens is 2. The van der Waals surface area contributed by atoms with Crippen molar-refractivity contribution in [1.82, 2.24) is 5.32 Å². The lowest BCUT2D eigenvalue weighted by Crippen LogP contribution is -2.48. The molecule has 0 aliphatic heterocycles. The highest BCUT2D eigenvalue weighted by Gasteiger charge is 2.26. The fourth-order valence-corrected chi connectivity index (χ4v) is 1.65. The number of hydrogen-bond donors (Lipinski definition) is 2. The number of carbonyl (C=O) groups is 2. The lowest BCUT2D eigenvalue weighted by Gasteiger charge is -2.20. The molecule has 0 fully saturated rings. The molecule has 7 heteroatoms. The SMILES string of the molecule is C[C@@H](CC#N)[C@H](NC(=O)c1cccc(F)c1F)C(N)=O. The second-order valence-corrected chi connectivity index (χ2v) is 4.29. The Balaban J connectivity index is 2.95. The van der Waals surface area contributed by atoms with Crippen LogP contribution in [0.4, 0.5) is 8.78 Å². The Kier molecular flexibility index (Phi) is 5.15. The Bertz CT molecular complexity index is 569. The van der Waals surface area contributed by atoms with Crippen LogP contribution in [-0.4, -0.2) is 17.9 Å². The molecule has 0 radical (unpaired) electrons. The lowest BCUT2D eigenvalue weighted by atomic mass is 9.98. The Morgan fingerprint density at radius 1 is 1.45 bits per heavy atom. The standard InChI is InChI=1S/C13H13F2N3O2/c1-7(5-6-16)11(12(17)19)18-13(20)8-3-2-4-9(14)10(8)15/h2-4,7,11H,5H2,1H3,(H2,17,19)(H,18,20)/t7-,11-/m0/s1. The molecule has 0 aromatic heterocycles. The summed E-state index contributed by atoms with van der Waals surface area (Å²) >= 11 is 0. The molecule has 2 atom stereocenters. The van der Waals surface area contributed by atoms with E-state index >= 15 is 0 Å². The molecule has 0 aliphatic rings. The van der Waals surface area contributed by atoms with Gasteiger partial charge in [-0.1, -0.05) is 13.0 Å². The van der Waals surface area contributed by atoms with Gasteiger partial charge in [0, 0.05) is 6.42 Å². The number of nitriles is 1. The van der Waals surface area contributed by atoms with E-state index in [9.17, 15) is 18.4 Å². The molecular formula is C13H13F2N3O2. The summed E-state index contributed by atoms with van der Waals surface area (Å²) in [6.45, 7) is 1.54. The third-order valence-corrected chi connectivity index (χ3v) is 2.77. The highest BCUT2D eigenvalue weighted by Crippen LogP contribution is 2.13. The van der Waals surface area contributed by atoms with Gasteiger partial charge in [0.25, 0.3) is 5.91 Å². The summed E-state index contributed by atoms with van der Waals surface area (Å²) in [6.07, 6.45) is -0.0144. The molecule has 106 valence electrons. The molecule has 0 unspecified atom stereocenters. The number of carbonyl (C=O) groups excluding carboxylic acids is 2. The zero-order chi connectivity index (χ0) is 15.3. The van der Waals surface area contributed by atoms with Crippen LogP contribution in [0, 0.1) is 28.9 Å². The third-order valence-electron chi connectivity index (χ3n) is 2.77. The maximum absolute atomic E-state index is 13.4. The van der Waals surface area contributed by atoms with E-state index in [1.807, 2.05) is 6.07 Å². The fourth-order valence-electron chi connectivity index (χ4n) is 1.65. The first kappa shape index (κ1) is 15.6. The van der Waals surface area contributed by atoms with Crippen LogP contribution in [0.3, 0.4) is 0 Å². The van der Waals surface area contributed by atoms with Gasteiger partial charge >= 0.3 is 0 Å². The highest BCUT2D eigenvalue weighted by atomic mass is 19.2. The van der Waals surface area contributed by atoms with Gasteiger partial charge in [0.15, 0.2) is 11.6 Å². The van der Waals surface area contributed by atoms with Crippen molar-refractivity contribution in [1.29, 1.82) is 5.26 Å². The monoisotopic (exact) mass is 281 g/mol. The van der Waals surface area contributed by atoms with Crippen molar-refractivity contribution in [2.75, 3.05) is 0 Å². The van der Waals surface area contributed by atoms with E-state index in [2.05, 4.69) is 5.32 Å². The van der Waals surface area contributed by atoms with Crippen LogP contribution in [-0.2, 0) is 4.79 Å². The maximum atomic E-state index is 13.4. The molecule has 1 rings (SSSR count). The number of nitrogens with one attached hydrogen (secondary N) is 1. The van der Waals surface area contributed by atoms with E-state index in [1.54, 1.807) is 6.92 Å². The first-order valence-corrected chi connectivity index (χ1v) is 5.79. The van der Waals surface area contributed by atoms with Crippen molar-refractivity contribution in [2.45, 2.75) is 19.4 Å². The Labute approximate surface area is 114 Å². The Hall–Kier alpha value is -2.49. The van der Waals surface area contributed by atoms with Gasteiger partial charge < -0.3 is 11.1 Å². The molecule has 0 saturated carbocycles. The van der Waals surface area contributed by atoms with Gasteiger partial charge in [-0.3, -0.25) is 9.59 Å². The van der Waals surface area contributed by atoms with Gasteiger partial charge in [0.1, 0.15) is 6.04 Å². The highest BCUT2D eigenvalue weighted by molar-refractivity contribution is 5.97. The average molecular weight is 281 g/mol. The predicted molar refractivity (Wildman–Crippen MR) is 66.2 cm³/mol. The number of nitrogens with two attached hydrogens (primary N) is 1. The number of benzene rings is 1. The van der Waals surface area contributed by atoms with Gasteiger partial charge in [0.2, 0.25) is 5.91 Å². The second kappa shape index (κ2) is 6.61. The van der Waals surface area contributed by atoms with Crippen LogP contribution in [0.1, 0.15) is 23.7 Å². The molecule has 1 aromatic rings. The molecule has 3 N–H and O–H groups in total. The number of amides is 2. The number of rotatable bonds is 5. The summed E-state index contributed by atoms with van der Waals surface area (Å²) in [5.41, 5.74) is 4.60. The minimum Gasteiger partial charge on any atom is -0.368 e. The Morgan fingerprint density at radius 3 is 2.65 bits per heavy atom. The number of nitrogens with zero attached hydrogens (tertiary/aromatic N) is 1. The van der Waals surface area contributed by atoms with Gasteiger partial charge in [0.05, 0.1) is 11.6 Å². The van der Waals surface area contributed by atoms with E-state index in [1.165, 1.54) is 6.07 Å². The molecule has 20 heavy (non-hydrogen) atoms. The molecule has 0 bridgehead atoms. The summed E-state index contributed by atoms with van der Waals surface area (Å²) < 4.78 is 26.5. The minimum atomic E-state index is -1.30. The predicted octanol–water partition coefficient (Wildman–Crippen LogP) is 1.10. The first-order valence-electron chi connectivity index (χ1n) is 5.79. The van der Waals surface area contributed by atoms with Crippen molar-refractivity contribution >= 4 is 11.8 Å². The van der Waals surface area contributed by atoms with E-state index in [0.29, 0.717) is 0 Å². The fraction of sp³-hybridized carbons (Fsp3) is 0.308. The quantitative estimate of drug-likeness (QED) is 0.845. The third kappa shape index (κ3) is 3.51. The van der Waals surface area contributed by atoms with Gasteiger partial charge in [-0.2, -0.15) is 5.26 Å². The summed E-state index contributed by atoms with van der Waals surface area (Å²) in [5.74, 6) is -4.83. The summed E-state index contributed by atoms with van der Waals surface area (Å²) in [7, 11) is 0. The number of primary amides is 1. The first-order chi connectivity index (χ1) is 9.38. The van der Waals surface area contributed by atoms with Crippen molar-refractivity contribution in [3.05, 3.63) is 35.4 Å². The van der Waals surface area contributed by atoms with Gasteiger partial charge in [-0.25, -0.2) is 8.78 Å². The van der Waals surface area contributed by atoms with Gasteiger partial charge in [-0.15, -0.1) is 0 Å². The van der Waals surface area contributed by atoms with E-state index in [4.69, 9.17) is 11.0 Å². The number of hydrogen-bond acceptors (Lipinski definition) is 3. The van der Waals surface area contributed by atoms with Crippen molar-refractivity contribution in [2.24, 2.45) is 11.7 Å². The van der Waals surface area contributed by atoms with E-state index in [-0.39, 0.29) is 6.42 Å². The van der Waals surface area contributed by atoms with Gasteiger partial charge in [-0.05, 0) is 18.1 Å². The smallest absolute Gasteiger partial charge is 0.255 e. The topological polar surface area (TPSA) is 96.0 Å². The molecule has 0 aliphatic carbocycles. The van der Waals surface area contributed by atoms with Crippen molar-refractivity contribution in [3.63, 3.8) is 0 Å². The molecule has 5 nitrogen and oxygen atoms in total. The maximum Gasteiger partial charge on any atom is 0.255 e. The summed E-state index contributed by atoms with van der Waals surface area (Å²) in [5, 5.41) is 10.8. The second-order valence-electron chi connectivity index (χ2n) is 4.29. The van der Waals surface area contributed by atoms with Crippen molar-refractivity contribution < 1.29 is 18.4 Å². The minimum absolute atomic E-state index is 0.0144. The van der Waals surface area contributed by atoms with Crippen LogP contribution in [0.5, 0.6) is 0 Å². The van der Waals surface area contributed by atoms with Crippen LogP contribution >= 0.6 is 0 Å².